The number of aliphatic hydroxyl groups excluding tert-OH is 1. The van der Waals surface area contributed by atoms with Crippen molar-refractivity contribution in [3.8, 4) is 0 Å². The molecule has 1 rings (SSSR count). The van der Waals surface area contributed by atoms with Crippen LogP contribution in [0.1, 0.15) is 5.56 Å². The van der Waals surface area contributed by atoms with Gasteiger partial charge in [0.05, 0.1) is 6.61 Å². The highest BCUT2D eigenvalue weighted by Crippen LogP contribution is 2.00. The number of benzene rings is 1. The van der Waals surface area contributed by atoms with Crippen LogP contribution in [0.15, 0.2) is 36.4 Å². The predicted octanol–water partition coefficient (Wildman–Crippen LogP) is 1.02. The first-order valence-corrected chi connectivity index (χ1v) is 3.92. The molecule has 64 valence electrons. The highest BCUT2D eigenvalue weighted by molar-refractivity contribution is 5.49. The van der Waals surface area contributed by atoms with Gasteiger partial charge in [-0.3, -0.25) is 0 Å². The Hall–Kier alpha value is -1.12. The summed E-state index contributed by atoms with van der Waals surface area (Å²) in [4.78, 5) is 0. The van der Waals surface area contributed by atoms with Gasteiger partial charge in [0.25, 0.3) is 0 Å². The highest BCUT2D eigenvalue weighted by Gasteiger charge is 1.91. The van der Waals surface area contributed by atoms with Gasteiger partial charge in [0, 0.05) is 6.04 Å². The lowest BCUT2D eigenvalue weighted by atomic mass is 10.2. The summed E-state index contributed by atoms with van der Waals surface area (Å²) in [5.74, 6) is 0. The molecule has 0 amide bonds. The molecule has 1 aromatic carbocycles. The first-order chi connectivity index (χ1) is 5.83. The Morgan fingerprint density at radius 3 is 2.58 bits per heavy atom. The quantitative estimate of drug-likeness (QED) is 0.698. The van der Waals surface area contributed by atoms with E-state index >= 15 is 0 Å². The van der Waals surface area contributed by atoms with Crippen LogP contribution in [-0.2, 0) is 0 Å². The third-order valence-electron chi connectivity index (χ3n) is 1.55. The smallest absolute Gasteiger partial charge is 0.0618 e. The average molecular weight is 163 g/mol. The number of hydrogen-bond acceptors (Lipinski definition) is 2. The molecule has 0 fully saturated rings. The van der Waals surface area contributed by atoms with Gasteiger partial charge in [0.15, 0.2) is 0 Å². The van der Waals surface area contributed by atoms with Gasteiger partial charge in [-0.2, -0.15) is 0 Å². The van der Waals surface area contributed by atoms with Crippen molar-refractivity contribution in [3.63, 3.8) is 0 Å². The average Bonchev–Trinajstić information content (AvgIpc) is 2.16. The van der Waals surface area contributed by atoms with Gasteiger partial charge in [-0.05, 0) is 5.56 Å². The van der Waals surface area contributed by atoms with E-state index in [9.17, 15) is 0 Å². The summed E-state index contributed by atoms with van der Waals surface area (Å²) >= 11 is 0. The molecule has 0 saturated heterocycles. The zero-order valence-corrected chi connectivity index (χ0v) is 6.85. The van der Waals surface area contributed by atoms with E-state index in [0.29, 0.717) is 0 Å². The van der Waals surface area contributed by atoms with E-state index < -0.39 is 0 Å². The minimum absolute atomic E-state index is 0.0106. The standard InChI is InChI=1S/C10H13NO/c11-10(8-12)7-6-9-4-2-1-3-5-9/h1-7,10,12H,8,11H2/b7-6+. The molecule has 0 aromatic heterocycles. The molecule has 12 heavy (non-hydrogen) atoms. The predicted molar refractivity (Wildman–Crippen MR) is 50.5 cm³/mol. The number of hydrogen-bond donors (Lipinski definition) is 2. The molecule has 0 spiro atoms. The van der Waals surface area contributed by atoms with Crippen LogP contribution in [0, 0.1) is 0 Å². The Bertz CT molecular complexity index is 243. The SMILES string of the molecule is NC(/C=C/c1ccccc1)CO. The van der Waals surface area contributed by atoms with Crippen LogP contribution in [0.4, 0.5) is 0 Å². The minimum atomic E-state index is -0.259. The maximum absolute atomic E-state index is 8.64. The molecular weight excluding hydrogens is 150 g/mol. The van der Waals surface area contributed by atoms with Crippen molar-refractivity contribution in [2.45, 2.75) is 6.04 Å². The van der Waals surface area contributed by atoms with Crippen molar-refractivity contribution < 1.29 is 5.11 Å². The third kappa shape index (κ3) is 2.86. The van der Waals surface area contributed by atoms with Gasteiger partial charge in [-0.15, -0.1) is 0 Å². The molecule has 0 heterocycles. The topological polar surface area (TPSA) is 46.2 Å². The number of nitrogens with two attached hydrogens (primary N) is 1. The van der Waals surface area contributed by atoms with Crippen LogP contribution in [0.2, 0.25) is 0 Å². The largest absolute Gasteiger partial charge is 0.394 e. The first-order valence-electron chi connectivity index (χ1n) is 3.92. The Kier molecular flexibility index (Phi) is 3.51. The summed E-state index contributed by atoms with van der Waals surface area (Å²) in [6, 6.07) is 9.60. The summed E-state index contributed by atoms with van der Waals surface area (Å²) in [5, 5.41) is 8.64. The van der Waals surface area contributed by atoms with Gasteiger partial charge in [0.2, 0.25) is 0 Å². The van der Waals surface area contributed by atoms with Gasteiger partial charge in [-0.25, -0.2) is 0 Å². The second-order valence-electron chi connectivity index (χ2n) is 2.62. The lowest BCUT2D eigenvalue weighted by Crippen LogP contribution is -2.20. The molecule has 3 N–H and O–H groups in total. The van der Waals surface area contributed by atoms with E-state index in [0.717, 1.165) is 5.56 Å². The highest BCUT2D eigenvalue weighted by atomic mass is 16.3. The maximum Gasteiger partial charge on any atom is 0.0618 e. The fourth-order valence-electron chi connectivity index (χ4n) is 0.860. The van der Waals surface area contributed by atoms with Gasteiger partial charge in [-0.1, -0.05) is 42.5 Å². The van der Waals surface area contributed by atoms with E-state index in [1.165, 1.54) is 0 Å². The van der Waals surface area contributed by atoms with Gasteiger partial charge >= 0.3 is 0 Å². The molecule has 1 unspecified atom stereocenters. The van der Waals surface area contributed by atoms with Gasteiger partial charge in [0.1, 0.15) is 0 Å². The van der Waals surface area contributed by atoms with Crippen LogP contribution in [0.3, 0.4) is 0 Å². The van der Waals surface area contributed by atoms with Crippen LogP contribution < -0.4 is 5.73 Å². The van der Waals surface area contributed by atoms with E-state index in [1.807, 2.05) is 36.4 Å². The fraction of sp³-hybridized carbons (Fsp3) is 0.200. The summed E-state index contributed by atoms with van der Waals surface area (Å²) in [6.45, 7) is -0.0106. The van der Waals surface area contributed by atoms with E-state index in [-0.39, 0.29) is 12.6 Å². The Morgan fingerprint density at radius 1 is 1.33 bits per heavy atom. The van der Waals surface area contributed by atoms with Crippen molar-refractivity contribution in [3.05, 3.63) is 42.0 Å². The normalized spacial score (nSPS) is 13.5. The van der Waals surface area contributed by atoms with Gasteiger partial charge < -0.3 is 10.8 Å². The van der Waals surface area contributed by atoms with Crippen LogP contribution in [-0.4, -0.2) is 17.8 Å². The van der Waals surface area contributed by atoms with E-state index in [2.05, 4.69) is 0 Å². The van der Waals surface area contributed by atoms with Crippen LogP contribution in [0.25, 0.3) is 6.08 Å². The third-order valence-corrected chi connectivity index (χ3v) is 1.55. The summed E-state index contributed by atoms with van der Waals surface area (Å²) < 4.78 is 0. The monoisotopic (exact) mass is 163 g/mol. The lowest BCUT2D eigenvalue weighted by molar-refractivity contribution is 0.284. The van der Waals surface area contributed by atoms with Crippen molar-refractivity contribution in [1.82, 2.24) is 0 Å². The second kappa shape index (κ2) is 4.70. The molecule has 1 aromatic rings. The molecule has 0 aliphatic heterocycles. The molecule has 2 heteroatoms. The number of rotatable bonds is 3. The minimum Gasteiger partial charge on any atom is -0.394 e. The second-order valence-corrected chi connectivity index (χ2v) is 2.62. The van der Waals surface area contributed by atoms with Crippen LogP contribution in [0.5, 0.6) is 0 Å². The zero-order chi connectivity index (χ0) is 8.81. The molecule has 0 bridgehead atoms. The number of aliphatic hydroxyl groups is 1. The van der Waals surface area contributed by atoms with Crippen molar-refractivity contribution in [2.75, 3.05) is 6.61 Å². The summed E-state index contributed by atoms with van der Waals surface area (Å²) in [5.41, 5.74) is 6.58. The maximum atomic E-state index is 8.64. The molecule has 0 saturated carbocycles. The fourth-order valence-corrected chi connectivity index (χ4v) is 0.860. The lowest BCUT2D eigenvalue weighted by Gasteiger charge is -1.98. The Balaban J connectivity index is 2.58. The summed E-state index contributed by atoms with van der Waals surface area (Å²) in [6.07, 6.45) is 3.69. The molecule has 0 aliphatic rings. The van der Waals surface area contributed by atoms with Crippen LogP contribution >= 0.6 is 0 Å². The molecule has 1 atom stereocenters. The molecule has 0 aliphatic carbocycles. The van der Waals surface area contributed by atoms with Crippen molar-refractivity contribution in [1.29, 1.82) is 0 Å². The van der Waals surface area contributed by atoms with E-state index in [4.69, 9.17) is 10.8 Å². The zero-order valence-electron chi connectivity index (χ0n) is 6.85. The van der Waals surface area contributed by atoms with Crippen molar-refractivity contribution in [2.24, 2.45) is 5.73 Å². The Labute approximate surface area is 72.3 Å². The van der Waals surface area contributed by atoms with Crippen molar-refractivity contribution >= 4 is 6.08 Å². The Morgan fingerprint density at radius 2 is 2.00 bits per heavy atom. The summed E-state index contributed by atoms with van der Waals surface area (Å²) in [7, 11) is 0. The molecule has 0 radical (unpaired) electrons. The molecule has 2 nitrogen and oxygen atoms in total. The molecular formula is C10H13NO. The first kappa shape index (κ1) is 8.97. The van der Waals surface area contributed by atoms with E-state index in [1.54, 1.807) is 6.08 Å².